The highest BCUT2D eigenvalue weighted by Crippen LogP contribution is 2.39. The second-order valence-electron chi connectivity index (χ2n) is 14.1. The molecule has 270 valence electrons. The van der Waals surface area contributed by atoms with E-state index in [0.29, 0.717) is 5.69 Å². The lowest BCUT2D eigenvalue weighted by Gasteiger charge is -2.32. The lowest BCUT2D eigenvalue weighted by Crippen LogP contribution is -2.24. The molecule has 2 aliphatic heterocycles. The van der Waals surface area contributed by atoms with Gasteiger partial charge in [-0.3, -0.25) is 9.89 Å². The van der Waals surface area contributed by atoms with E-state index in [-0.39, 0.29) is 11.3 Å². The highest BCUT2D eigenvalue weighted by molar-refractivity contribution is 5.91. The van der Waals surface area contributed by atoms with Crippen LogP contribution in [0.15, 0.2) is 126 Å². The number of H-pyrrole nitrogens is 1. The van der Waals surface area contributed by atoms with Crippen molar-refractivity contribution in [3.8, 4) is 5.69 Å². The van der Waals surface area contributed by atoms with Gasteiger partial charge in [-0.25, -0.2) is 9.48 Å². The van der Waals surface area contributed by atoms with Crippen molar-refractivity contribution in [1.29, 1.82) is 0 Å². The molecule has 0 saturated heterocycles. The molecule has 5 aromatic carbocycles. The van der Waals surface area contributed by atoms with Gasteiger partial charge in [0.1, 0.15) is 0 Å². The topological polar surface area (TPSA) is 81.6 Å². The number of carbonyl (C=O) groups is 1. The van der Waals surface area contributed by atoms with Crippen molar-refractivity contribution in [3.63, 3.8) is 0 Å². The fourth-order valence-electron chi connectivity index (χ4n) is 7.85. The monoisotopic (exact) mass is 712 g/mol. The number of anilines is 4. The van der Waals surface area contributed by atoms with E-state index in [1.54, 1.807) is 18.2 Å². The fourth-order valence-corrected chi connectivity index (χ4v) is 7.85. The number of aryl methyl sites for hydroxylation is 4. The summed E-state index contributed by atoms with van der Waals surface area (Å²) in [6.45, 7) is 6.24. The first-order chi connectivity index (χ1) is 26.4. The standard InChI is InChI=1S/C47H44N4O3/c1-3-32-14-20-38(21-15-32)49-28-8-10-36-30-34(18-26-43(36)49)41(24-25-42-45(47(53)54)48-51(46(42)52)40-12-6-5-7-13-40)35-19-27-44-37(31-35)11-9-29-50(44)39-22-16-33(4-2)17-23-39/h5-7,12-23,25-27,30-31,48H,3-4,8-11,28-29H2,1-2H3,(H,53,54). The van der Waals surface area contributed by atoms with Gasteiger partial charge in [-0.15, -0.1) is 5.73 Å². The summed E-state index contributed by atoms with van der Waals surface area (Å²) in [7, 11) is 0. The largest absolute Gasteiger partial charge is 0.477 e. The van der Waals surface area contributed by atoms with Crippen molar-refractivity contribution in [3.05, 3.63) is 176 Å². The molecule has 6 aromatic rings. The number of aromatic amines is 1. The molecule has 2 aliphatic rings. The van der Waals surface area contributed by atoms with Gasteiger partial charge in [0.2, 0.25) is 0 Å². The molecule has 54 heavy (non-hydrogen) atoms. The molecule has 1 aromatic heterocycles. The van der Waals surface area contributed by atoms with E-state index in [4.69, 9.17) is 0 Å². The van der Waals surface area contributed by atoms with Crippen LogP contribution in [0.1, 0.15) is 76.1 Å². The molecule has 0 unspecified atom stereocenters. The quantitative estimate of drug-likeness (QED) is 0.146. The second-order valence-corrected chi connectivity index (χ2v) is 14.1. The summed E-state index contributed by atoms with van der Waals surface area (Å²) in [5, 5.41) is 13.0. The van der Waals surface area contributed by atoms with Crippen LogP contribution in [0.2, 0.25) is 0 Å². The summed E-state index contributed by atoms with van der Waals surface area (Å²) in [5.74, 6) is -1.21. The van der Waals surface area contributed by atoms with Crippen LogP contribution in [0.4, 0.5) is 22.7 Å². The summed E-state index contributed by atoms with van der Waals surface area (Å²) in [4.78, 5) is 31.0. The maximum absolute atomic E-state index is 13.8. The number of carboxylic acid groups (broad SMARTS) is 1. The molecular weight excluding hydrogens is 669 g/mol. The summed E-state index contributed by atoms with van der Waals surface area (Å²) in [5.41, 5.74) is 16.1. The molecule has 0 saturated carbocycles. The zero-order valence-corrected chi connectivity index (χ0v) is 30.8. The summed E-state index contributed by atoms with van der Waals surface area (Å²) in [6.07, 6.45) is 7.50. The van der Waals surface area contributed by atoms with Gasteiger partial charge in [-0.05, 0) is 139 Å². The number of nitrogens with one attached hydrogen (secondary N) is 1. The smallest absolute Gasteiger partial charge is 0.354 e. The average molecular weight is 713 g/mol. The lowest BCUT2D eigenvalue weighted by molar-refractivity contribution is 0.0689. The Morgan fingerprint density at radius 2 is 1.22 bits per heavy atom. The Kier molecular flexibility index (Phi) is 9.64. The number of rotatable bonds is 9. The number of nitrogens with zero attached hydrogens (tertiary/aromatic N) is 3. The third-order valence-corrected chi connectivity index (χ3v) is 10.8. The van der Waals surface area contributed by atoms with Crippen molar-refractivity contribution in [2.24, 2.45) is 0 Å². The number of carboxylic acids is 1. The molecule has 0 fully saturated rings. The molecule has 2 N–H and O–H groups in total. The molecule has 7 nitrogen and oxygen atoms in total. The van der Waals surface area contributed by atoms with Crippen molar-refractivity contribution in [2.75, 3.05) is 22.9 Å². The van der Waals surface area contributed by atoms with Crippen LogP contribution in [0.5, 0.6) is 0 Å². The van der Waals surface area contributed by atoms with E-state index < -0.39 is 11.5 Å². The van der Waals surface area contributed by atoms with Crippen LogP contribution in [0.25, 0.3) is 17.3 Å². The van der Waals surface area contributed by atoms with Crippen molar-refractivity contribution in [1.82, 2.24) is 9.78 Å². The molecule has 0 amide bonds. The van der Waals surface area contributed by atoms with E-state index >= 15 is 0 Å². The maximum atomic E-state index is 13.8. The van der Waals surface area contributed by atoms with Gasteiger partial charge in [-0.2, -0.15) is 0 Å². The molecule has 0 aliphatic carbocycles. The average Bonchev–Trinajstić information content (AvgIpc) is 3.56. The molecule has 0 bridgehead atoms. The zero-order valence-electron chi connectivity index (χ0n) is 30.8. The summed E-state index contributed by atoms with van der Waals surface area (Å²) < 4.78 is 1.28. The minimum atomic E-state index is -1.21. The Labute approximate surface area is 316 Å². The van der Waals surface area contributed by atoms with Crippen LogP contribution in [-0.4, -0.2) is 33.9 Å². The molecule has 0 spiro atoms. The van der Waals surface area contributed by atoms with E-state index in [0.717, 1.165) is 68.3 Å². The number of hydrogen-bond acceptors (Lipinski definition) is 4. The summed E-state index contributed by atoms with van der Waals surface area (Å²) in [6, 6.07) is 39.8. The first kappa shape index (κ1) is 34.8. The van der Waals surface area contributed by atoms with Crippen LogP contribution in [0, 0.1) is 0 Å². The van der Waals surface area contributed by atoms with Crippen LogP contribution in [-0.2, 0) is 25.7 Å². The summed E-state index contributed by atoms with van der Waals surface area (Å²) >= 11 is 0. The van der Waals surface area contributed by atoms with Gasteiger partial charge < -0.3 is 14.9 Å². The van der Waals surface area contributed by atoms with Crippen LogP contribution in [0.3, 0.4) is 0 Å². The number of fused-ring (bicyclic) bond motifs is 2. The van der Waals surface area contributed by atoms with Crippen molar-refractivity contribution >= 4 is 40.4 Å². The Morgan fingerprint density at radius 3 is 1.70 bits per heavy atom. The van der Waals surface area contributed by atoms with Crippen LogP contribution >= 0.6 is 0 Å². The number of aromatic carboxylic acids is 1. The van der Waals surface area contributed by atoms with E-state index in [1.807, 2.05) is 18.2 Å². The first-order valence-electron chi connectivity index (χ1n) is 19.0. The van der Waals surface area contributed by atoms with E-state index in [2.05, 4.69) is 119 Å². The Hall–Kier alpha value is -6.30. The van der Waals surface area contributed by atoms with Gasteiger partial charge in [-0.1, -0.05) is 68.4 Å². The molecule has 0 atom stereocenters. The Bertz CT molecular complexity index is 2340. The highest BCUT2D eigenvalue weighted by atomic mass is 16.4. The normalized spacial score (nSPS) is 13.5. The predicted molar refractivity (Wildman–Crippen MR) is 219 cm³/mol. The van der Waals surface area contributed by atoms with E-state index in [1.165, 1.54) is 49.7 Å². The molecule has 7 heteroatoms. The second kappa shape index (κ2) is 15.0. The van der Waals surface area contributed by atoms with Crippen molar-refractivity contribution in [2.45, 2.75) is 52.4 Å². The third-order valence-electron chi connectivity index (χ3n) is 10.8. The van der Waals surface area contributed by atoms with Gasteiger partial charge in [0.15, 0.2) is 5.69 Å². The Morgan fingerprint density at radius 1 is 0.704 bits per heavy atom. The predicted octanol–water partition coefficient (Wildman–Crippen LogP) is 9.90. The molecular formula is C47H44N4O3. The van der Waals surface area contributed by atoms with Crippen LogP contribution < -0.4 is 15.4 Å². The minimum Gasteiger partial charge on any atom is -0.477 e. The number of hydrogen-bond donors (Lipinski definition) is 2. The molecule has 3 heterocycles. The maximum Gasteiger partial charge on any atom is 0.354 e. The van der Waals surface area contributed by atoms with Gasteiger partial charge in [0.25, 0.3) is 5.56 Å². The molecule has 0 radical (unpaired) electrons. The SMILES string of the molecule is CCc1ccc(N2CCCc3cc(C(=C=Cc4c(C(=O)O)[nH]n(-c5ccccc5)c4=O)c4ccc5c(c4)CCCN5c4ccc(CC)cc4)ccc32)cc1. The number of aromatic nitrogens is 2. The first-order valence-corrected chi connectivity index (χ1v) is 19.0. The highest BCUT2D eigenvalue weighted by Gasteiger charge is 2.23. The van der Waals surface area contributed by atoms with E-state index in [9.17, 15) is 14.7 Å². The van der Waals surface area contributed by atoms with Gasteiger partial charge in [0, 0.05) is 41.4 Å². The van der Waals surface area contributed by atoms with Gasteiger partial charge >= 0.3 is 5.97 Å². The Balaban J connectivity index is 1.25. The third kappa shape index (κ3) is 6.70. The zero-order chi connectivity index (χ0) is 37.2. The lowest BCUT2D eigenvalue weighted by atomic mass is 9.90. The minimum absolute atomic E-state index is 0.0446. The van der Waals surface area contributed by atoms with Gasteiger partial charge in [0.05, 0.1) is 11.3 Å². The molecule has 8 rings (SSSR count). The number of para-hydroxylation sites is 1. The van der Waals surface area contributed by atoms with Crippen molar-refractivity contribution < 1.29 is 9.90 Å². The number of benzene rings is 5. The fraction of sp³-hybridized carbons (Fsp3) is 0.213.